The minimum absolute atomic E-state index is 0.847. The first-order valence-electron chi connectivity index (χ1n) is 10.9. The Labute approximate surface area is 430 Å². The fraction of sp³-hybridized carbons (Fsp3) is 0. The molecule has 0 spiro atoms. The van der Waals surface area contributed by atoms with Crippen LogP contribution in [0.25, 0.3) is 0 Å². The van der Waals surface area contributed by atoms with E-state index in [0.29, 0.717) is 0 Å². The van der Waals surface area contributed by atoms with Gasteiger partial charge in [-0.05, 0) is 0 Å². The van der Waals surface area contributed by atoms with E-state index >= 15 is 0 Å². The van der Waals surface area contributed by atoms with E-state index < -0.39 is 15.0 Å². The number of halogens is 20. The van der Waals surface area contributed by atoms with E-state index in [4.69, 9.17) is 0 Å². The Morgan fingerprint density at radius 1 is 0.156 bits per heavy atom. The van der Waals surface area contributed by atoms with Crippen molar-refractivity contribution in [2.75, 3.05) is 0 Å². The fourth-order valence-electron chi connectivity index (χ4n) is 4.87. The standard InChI is InChI=1S/4C6Br5.Ga/c4*7-2-1-3(8)5(10)6(11)4(2)9;/q;;;;-1. The van der Waals surface area contributed by atoms with Gasteiger partial charge in [0.1, 0.15) is 0 Å². The average Bonchev–Trinajstić information content (AvgIpc) is 3.00. The summed E-state index contributed by atoms with van der Waals surface area (Å²) in [6.45, 7) is 0. The zero-order chi connectivity index (χ0) is 34.4. The Balaban J connectivity index is 2.69. The van der Waals surface area contributed by atoms with Crippen molar-refractivity contribution < 1.29 is 0 Å². The fourth-order valence-corrected chi connectivity index (χ4v) is 47.4. The van der Waals surface area contributed by atoms with Crippen LogP contribution < -0.4 is 16.5 Å². The van der Waals surface area contributed by atoms with Gasteiger partial charge < -0.3 is 0 Å². The maximum absolute atomic E-state index is 4.85. The van der Waals surface area contributed by atoms with E-state index in [0.717, 1.165) is 106 Å². The molecule has 0 saturated heterocycles. The van der Waals surface area contributed by atoms with E-state index in [-0.39, 0.29) is 0 Å². The van der Waals surface area contributed by atoms with Gasteiger partial charge >= 0.3 is 440 Å². The van der Waals surface area contributed by atoms with Gasteiger partial charge in [0.25, 0.3) is 0 Å². The molecule has 0 amide bonds. The van der Waals surface area contributed by atoms with Crippen LogP contribution in [-0.2, 0) is 0 Å². The average molecular weight is 1960 g/mol. The van der Waals surface area contributed by atoms with Gasteiger partial charge in [0.2, 0.25) is 0 Å². The predicted molar refractivity (Wildman–Crippen MR) is 264 cm³/mol. The van der Waals surface area contributed by atoms with Crippen molar-refractivity contribution in [3.63, 3.8) is 0 Å². The molecule has 4 aromatic carbocycles. The normalized spacial score (nSPS) is 12.0. The van der Waals surface area contributed by atoms with E-state index in [1.54, 1.807) is 0 Å². The van der Waals surface area contributed by atoms with Crippen molar-refractivity contribution >= 4 is 350 Å². The molecule has 0 aliphatic heterocycles. The molecule has 0 fully saturated rings. The van der Waals surface area contributed by atoms with Gasteiger partial charge in [-0.25, -0.2) is 0 Å². The summed E-state index contributed by atoms with van der Waals surface area (Å²) in [6.07, 6.45) is 0. The number of hydrogen-bond donors (Lipinski definition) is 0. The molecular weight excluding hydrogens is 1960 g/mol. The monoisotopic (exact) mass is 1940 g/mol. The van der Waals surface area contributed by atoms with Gasteiger partial charge in [-0.2, -0.15) is 0 Å². The van der Waals surface area contributed by atoms with E-state index in [9.17, 15) is 0 Å². The van der Waals surface area contributed by atoms with Crippen LogP contribution in [0, 0.1) is 0 Å². The predicted octanol–water partition coefficient (Wildman–Crippen LogP) is 18.3. The molecule has 0 atom stereocenters. The Bertz CT molecular complexity index is 1570. The molecule has 4 rings (SSSR count). The van der Waals surface area contributed by atoms with Crippen molar-refractivity contribution in [1.29, 1.82) is 0 Å². The Hall–Kier alpha value is 7.12. The summed E-state index contributed by atoms with van der Waals surface area (Å²) in [7, 11) is 0. The Kier molecular flexibility index (Phi) is 17.7. The van der Waals surface area contributed by atoms with Crippen molar-refractivity contribution in [1.82, 2.24) is 0 Å². The van der Waals surface area contributed by atoms with Crippen LogP contribution in [-0.4, -0.2) is 15.0 Å². The molecule has 0 radical (unpaired) electrons. The second-order valence-electron chi connectivity index (χ2n) is 8.80. The number of rotatable bonds is 4. The van der Waals surface area contributed by atoms with Crippen LogP contribution in [0.5, 0.6) is 0 Å². The van der Waals surface area contributed by atoms with Crippen LogP contribution in [0.4, 0.5) is 0 Å². The van der Waals surface area contributed by atoms with Crippen LogP contribution in [0.2, 0.25) is 0 Å². The topological polar surface area (TPSA) is 0 Å². The van der Waals surface area contributed by atoms with Gasteiger partial charge in [-0.3, -0.25) is 0 Å². The number of hydrogen-bond acceptors (Lipinski definition) is 0. The van der Waals surface area contributed by atoms with Crippen molar-refractivity contribution in [3.8, 4) is 0 Å². The molecule has 0 aromatic heterocycles. The van der Waals surface area contributed by atoms with Gasteiger partial charge in [0.15, 0.2) is 0 Å². The molecule has 0 saturated carbocycles. The molecular formula is C24Br20Ga-. The van der Waals surface area contributed by atoms with Crippen LogP contribution >= 0.6 is 319 Å². The van der Waals surface area contributed by atoms with E-state index in [2.05, 4.69) is 319 Å². The first-order chi connectivity index (χ1) is 20.7. The number of benzene rings is 4. The Morgan fingerprint density at radius 3 is 0.356 bits per heavy atom. The Morgan fingerprint density at radius 2 is 0.244 bits per heavy atom. The van der Waals surface area contributed by atoms with Crippen LogP contribution in [0.15, 0.2) is 89.5 Å². The molecule has 45 heavy (non-hydrogen) atoms. The summed E-state index contributed by atoms with van der Waals surface area (Å²) >= 11 is 74.1. The molecule has 240 valence electrons. The minimum atomic E-state index is -4.85. The second kappa shape index (κ2) is 17.7. The summed E-state index contributed by atoms with van der Waals surface area (Å²) in [6, 6.07) is 0. The van der Waals surface area contributed by atoms with Gasteiger partial charge in [0, 0.05) is 0 Å². The molecule has 0 bridgehead atoms. The van der Waals surface area contributed by atoms with Crippen molar-refractivity contribution in [2.24, 2.45) is 0 Å². The molecule has 0 unspecified atom stereocenters. The second-order valence-corrected chi connectivity index (χ2v) is 33.1. The van der Waals surface area contributed by atoms with Crippen LogP contribution in [0.3, 0.4) is 0 Å². The molecule has 0 nitrogen and oxygen atoms in total. The van der Waals surface area contributed by atoms with E-state index in [1.807, 2.05) is 0 Å². The van der Waals surface area contributed by atoms with Crippen molar-refractivity contribution in [3.05, 3.63) is 89.5 Å². The summed E-state index contributed by atoms with van der Waals surface area (Å²) in [5.74, 6) is 0. The first kappa shape index (κ1) is 44.8. The molecule has 4 aromatic rings. The summed E-state index contributed by atoms with van der Waals surface area (Å²) in [5, 5.41) is 0. The first-order valence-corrected chi connectivity index (χ1v) is 31.6. The third-order valence-electron chi connectivity index (χ3n) is 6.71. The van der Waals surface area contributed by atoms with Gasteiger partial charge in [-0.1, -0.05) is 0 Å². The van der Waals surface area contributed by atoms with Crippen LogP contribution in [0.1, 0.15) is 0 Å². The molecule has 0 aliphatic rings. The maximum atomic E-state index is 4.08. The summed E-state index contributed by atoms with van der Waals surface area (Å²) in [4.78, 5) is 0. The quantitative estimate of drug-likeness (QED) is 0.109. The van der Waals surface area contributed by atoms with Crippen molar-refractivity contribution in [2.45, 2.75) is 0 Å². The molecule has 0 aliphatic carbocycles. The summed E-state index contributed by atoms with van der Waals surface area (Å²) in [5.41, 5.74) is 0. The molecule has 0 N–H and O–H groups in total. The third-order valence-corrected chi connectivity index (χ3v) is 50.5. The van der Waals surface area contributed by atoms with E-state index in [1.165, 1.54) is 0 Å². The summed E-state index contributed by atoms with van der Waals surface area (Å²) < 4.78 is 21.3. The molecule has 0 heterocycles. The molecule has 21 heteroatoms. The SMILES string of the molecule is Brc1c(Br)c(Br)[c]([Ga-]([c]2c(Br)c(Br)c(Br)c(Br)c2Br)([c]2c(Br)c(Br)c(Br)c(Br)c2Br)[c]2c(Br)c(Br)c(Br)c(Br)c2Br)c(Br)c1Br. The van der Waals surface area contributed by atoms with Gasteiger partial charge in [-0.15, -0.1) is 0 Å². The third kappa shape index (κ3) is 7.63. The van der Waals surface area contributed by atoms with Gasteiger partial charge in [0.05, 0.1) is 0 Å². The zero-order valence-corrected chi connectivity index (χ0v) is 54.3. The zero-order valence-electron chi connectivity index (χ0n) is 20.1.